The topological polar surface area (TPSA) is 0 Å². The normalized spacial score (nSPS) is 26.0. The van der Waals surface area contributed by atoms with Crippen LogP contribution in [0.1, 0.15) is 20.8 Å². The van der Waals surface area contributed by atoms with Gasteiger partial charge in [0.25, 0.3) is 0 Å². The molecule has 0 spiro atoms. The van der Waals surface area contributed by atoms with E-state index in [1.165, 1.54) is 0 Å². The summed E-state index contributed by atoms with van der Waals surface area (Å²) in [7, 11) is 0. The lowest BCUT2D eigenvalue weighted by molar-refractivity contribution is 0.323. The van der Waals surface area contributed by atoms with Crippen molar-refractivity contribution in [3.63, 3.8) is 0 Å². The van der Waals surface area contributed by atoms with Crippen molar-refractivity contribution < 1.29 is 0 Å². The van der Waals surface area contributed by atoms with E-state index in [-0.39, 0.29) is 5.41 Å². The van der Waals surface area contributed by atoms with Gasteiger partial charge in [-0.2, -0.15) is 0 Å². The summed E-state index contributed by atoms with van der Waals surface area (Å²) in [4.78, 5) is 0. The van der Waals surface area contributed by atoms with E-state index in [0.29, 0.717) is 5.92 Å². The van der Waals surface area contributed by atoms with Gasteiger partial charge in [0.2, 0.25) is 0 Å². The Hall–Kier alpha value is -0.230. The van der Waals surface area contributed by atoms with Crippen LogP contribution in [0.4, 0.5) is 0 Å². The third-order valence-electron chi connectivity index (χ3n) is 1.90. The van der Waals surface area contributed by atoms with Gasteiger partial charge < -0.3 is 0 Å². The van der Waals surface area contributed by atoms with Crippen LogP contribution in [0.2, 0.25) is 0 Å². The van der Waals surface area contributed by atoms with Crippen molar-refractivity contribution in [2.24, 2.45) is 11.3 Å². The number of rotatable bonds is 0. The molecule has 0 aromatic carbocycles. The molecule has 0 saturated heterocycles. The molecule has 1 aliphatic carbocycles. The second-order valence-corrected chi connectivity index (χ2v) is 4.41. The first-order chi connectivity index (χ1) is 5.02. The quantitative estimate of drug-likeness (QED) is 0.521. The predicted molar refractivity (Wildman–Crippen MR) is 50.3 cm³/mol. The molecule has 0 heterocycles. The first kappa shape index (κ1) is 8.86. The lowest BCUT2D eigenvalue weighted by Crippen LogP contribution is -2.22. The molecule has 0 aromatic heterocycles. The predicted octanol–water partition coefficient (Wildman–Crippen LogP) is 3.55. The first-order valence-electron chi connectivity index (χ1n) is 3.89. The van der Waals surface area contributed by atoms with E-state index in [4.69, 9.17) is 11.6 Å². The summed E-state index contributed by atoms with van der Waals surface area (Å²) in [6.45, 7) is 6.59. The van der Waals surface area contributed by atoms with Gasteiger partial charge in [-0.3, -0.25) is 0 Å². The summed E-state index contributed by atoms with van der Waals surface area (Å²) in [6.07, 6.45) is 8.16. The van der Waals surface area contributed by atoms with Crippen LogP contribution in [0.15, 0.2) is 24.3 Å². The number of hydrogen-bond acceptors (Lipinski definition) is 0. The molecular weight excluding hydrogens is 156 g/mol. The zero-order valence-electron chi connectivity index (χ0n) is 7.26. The Labute approximate surface area is 73.9 Å². The third kappa shape index (κ3) is 2.10. The van der Waals surface area contributed by atoms with Gasteiger partial charge in [0.05, 0.1) is 5.38 Å². The zero-order valence-corrected chi connectivity index (χ0v) is 8.02. The van der Waals surface area contributed by atoms with Crippen LogP contribution < -0.4 is 0 Å². The lowest BCUT2D eigenvalue weighted by atomic mass is 9.77. The van der Waals surface area contributed by atoms with Crippen LogP contribution >= 0.6 is 11.6 Å². The molecule has 0 bridgehead atoms. The van der Waals surface area contributed by atoms with Crippen LogP contribution in [0.5, 0.6) is 0 Å². The minimum atomic E-state index is 0.234. The Kier molecular flexibility index (Phi) is 2.43. The van der Waals surface area contributed by atoms with E-state index in [1.54, 1.807) is 0 Å². The van der Waals surface area contributed by atoms with E-state index in [9.17, 15) is 0 Å². The van der Waals surface area contributed by atoms with Gasteiger partial charge >= 0.3 is 0 Å². The summed E-state index contributed by atoms with van der Waals surface area (Å²) in [5.41, 5.74) is 0.234. The lowest BCUT2D eigenvalue weighted by Gasteiger charge is -2.31. The van der Waals surface area contributed by atoms with Crippen molar-refractivity contribution in [2.75, 3.05) is 0 Å². The number of allylic oxidation sites excluding steroid dienone is 4. The maximum atomic E-state index is 6.05. The number of hydrogen-bond donors (Lipinski definition) is 0. The second kappa shape index (κ2) is 3.02. The molecule has 1 rings (SSSR count). The highest BCUT2D eigenvalue weighted by Gasteiger charge is 2.28. The van der Waals surface area contributed by atoms with Crippen molar-refractivity contribution in [3.8, 4) is 0 Å². The molecule has 1 radical (unpaired) electrons. The summed E-state index contributed by atoms with van der Waals surface area (Å²) >= 11 is 6.05. The van der Waals surface area contributed by atoms with Crippen LogP contribution in [-0.4, -0.2) is 0 Å². The van der Waals surface area contributed by atoms with Crippen LogP contribution in [0, 0.1) is 16.7 Å². The molecule has 11 heavy (non-hydrogen) atoms. The summed E-state index contributed by atoms with van der Waals surface area (Å²) in [6, 6.07) is 0. The average molecular weight is 170 g/mol. The Morgan fingerprint density at radius 1 is 1.27 bits per heavy atom. The second-order valence-electron chi connectivity index (χ2n) is 3.97. The highest BCUT2D eigenvalue weighted by atomic mass is 35.5. The Bertz CT molecular complexity index is 184. The van der Waals surface area contributed by atoms with Gasteiger partial charge in [0.15, 0.2) is 0 Å². The number of halogens is 1. The summed E-state index contributed by atoms with van der Waals surface area (Å²) in [5, 5.41) is 0.944. The molecule has 0 aromatic rings. The zero-order chi connectivity index (χ0) is 8.48. The Morgan fingerprint density at radius 2 is 1.91 bits per heavy atom. The van der Waals surface area contributed by atoms with E-state index >= 15 is 0 Å². The highest BCUT2D eigenvalue weighted by molar-refractivity contribution is 6.28. The van der Waals surface area contributed by atoms with Crippen molar-refractivity contribution in [1.29, 1.82) is 0 Å². The maximum absolute atomic E-state index is 6.05. The van der Waals surface area contributed by atoms with Gasteiger partial charge in [0.1, 0.15) is 0 Å². The van der Waals surface area contributed by atoms with E-state index in [0.717, 1.165) is 5.38 Å². The molecule has 0 saturated carbocycles. The van der Waals surface area contributed by atoms with E-state index in [2.05, 4.69) is 32.9 Å². The van der Waals surface area contributed by atoms with Gasteiger partial charge in [-0.1, -0.05) is 45.1 Å². The summed E-state index contributed by atoms with van der Waals surface area (Å²) < 4.78 is 0. The monoisotopic (exact) mass is 169 g/mol. The highest BCUT2D eigenvalue weighted by Crippen LogP contribution is 2.39. The molecule has 0 nitrogen and oxygen atoms in total. The fourth-order valence-corrected chi connectivity index (χ4v) is 1.69. The maximum Gasteiger partial charge on any atom is 0.0928 e. The molecule has 1 unspecified atom stereocenters. The molecular formula is C10H14Cl. The molecule has 0 fully saturated rings. The molecule has 1 heteroatoms. The smallest absolute Gasteiger partial charge is 0.0928 e. The average Bonchev–Trinajstić information content (AvgIpc) is 1.86. The Morgan fingerprint density at radius 3 is 2.27 bits per heavy atom. The first-order valence-corrected chi connectivity index (χ1v) is 4.27. The van der Waals surface area contributed by atoms with E-state index < -0.39 is 0 Å². The molecule has 61 valence electrons. The fraction of sp³-hybridized carbons (Fsp3) is 0.500. The third-order valence-corrected chi connectivity index (χ3v) is 2.26. The molecule has 1 aliphatic rings. The standard InChI is InChI=1S/C10H14Cl/c1-10(2,3)8-6-4-5-7-9(8)11/h4-8H,1-3H3. The Balaban J connectivity index is 2.74. The van der Waals surface area contributed by atoms with Gasteiger partial charge in [-0.05, 0) is 5.41 Å². The van der Waals surface area contributed by atoms with Gasteiger partial charge in [-0.15, -0.1) is 11.6 Å². The van der Waals surface area contributed by atoms with E-state index in [1.807, 2.05) is 12.2 Å². The largest absolute Gasteiger partial charge is 0.112 e. The van der Waals surface area contributed by atoms with Crippen LogP contribution in [0.3, 0.4) is 0 Å². The molecule has 0 N–H and O–H groups in total. The minimum Gasteiger partial charge on any atom is -0.112 e. The fourth-order valence-electron chi connectivity index (χ4n) is 1.22. The van der Waals surface area contributed by atoms with Crippen LogP contribution in [0.25, 0.3) is 0 Å². The van der Waals surface area contributed by atoms with Gasteiger partial charge in [0, 0.05) is 5.92 Å². The molecule has 0 amide bonds. The molecule has 1 atom stereocenters. The van der Waals surface area contributed by atoms with Crippen molar-refractivity contribution >= 4 is 11.6 Å². The SMILES string of the molecule is CC(C)(C)C1C=CC=C[C]1Cl. The van der Waals surface area contributed by atoms with Crippen LogP contribution in [-0.2, 0) is 0 Å². The van der Waals surface area contributed by atoms with Crippen molar-refractivity contribution in [1.82, 2.24) is 0 Å². The minimum absolute atomic E-state index is 0.234. The molecule has 0 aliphatic heterocycles. The van der Waals surface area contributed by atoms with Gasteiger partial charge in [-0.25, -0.2) is 0 Å². The van der Waals surface area contributed by atoms with Crippen molar-refractivity contribution in [3.05, 3.63) is 29.7 Å². The summed E-state index contributed by atoms with van der Waals surface area (Å²) in [5.74, 6) is 0.383. The van der Waals surface area contributed by atoms with Crippen molar-refractivity contribution in [2.45, 2.75) is 20.8 Å².